The Hall–Kier alpha value is -3.22. The van der Waals surface area contributed by atoms with Gasteiger partial charge in [-0.3, -0.25) is 4.79 Å². The van der Waals surface area contributed by atoms with Crippen molar-refractivity contribution in [3.63, 3.8) is 0 Å². The molecule has 0 spiro atoms. The Labute approximate surface area is 212 Å². The van der Waals surface area contributed by atoms with Gasteiger partial charge in [0.15, 0.2) is 5.43 Å². The molecule has 0 amide bonds. The lowest BCUT2D eigenvalue weighted by Gasteiger charge is -2.39. The van der Waals surface area contributed by atoms with E-state index in [0.29, 0.717) is 18.6 Å². The Morgan fingerprint density at radius 3 is 2.57 bits per heavy atom. The monoisotopic (exact) mass is 520 g/mol. The summed E-state index contributed by atoms with van der Waals surface area (Å²) < 4.78 is 21.8. The fraction of sp³-hybridized carbons (Fsp3) is 0.462. The molecule has 1 aromatic carbocycles. The summed E-state index contributed by atoms with van der Waals surface area (Å²) in [6.07, 6.45) is -4.02. The first-order valence-electron chi connectivity index (χ1n) is 11.7. The normalized spacial score (nSPS) is 25.9. The number of hydrogen-bond acceptors (Lipinski definition) is 11. The highest BCUT2D eigenvalue weighted by Crippen LogP contribution is 2.31. The maximum absolute atomic E-state index is 12.3. The van der Waals surface area contributed by atoms with Gasteiger partial charge < -0.3 is 44.2 Å². The van der Waals surface area contributed by atoms with E-state index >= 15 is 0 Å². The number of hydrogen-bond donors (Lipinski definition) is 5. The smallest absolute Gasteiger partial charge is 0.333 e. The molecule has 11 heteroatoms. The molecule has 3 rings (SSSR count). The van der Waals surface area contributed by atoms with E-state index in [0.717, 1.165) is 6.07 Å². The van der Waals surface area contributed by atoms with E-state index in [1.54, 1.807) is 19.9 Å². The number of phenolic OH excluding ortho intramolecular Hbond substituents is 1. The van der Waals surface area contributed by atoms with E-state index < -0.39 is 60.1 Å². The van der Waals surface area contributed by atoms with Crippen LogP contribution < -0.4 is 10.2 Å². The standard InChI is InChI=1S/C26H32O11/c1-5-26(4,33)8-6-7-13(2)24(32)34-12-19-21(29)22(30)23(31)25(37-19)36-15-10-17(28)20-16(27)9-14(3)35-18(20)11-15/h5,7,9-11,19,21-23,25,28-31,33H,1,6,8,12H2,2-4H3. The van der Waals surface area contributed by atoms with Gasteiger partial charge in [-0.25, -0.2) is 4.79 Å². The van der Waals surface area contributed by atoms with Gasteiger partial charge in [0, 0.05) is 23.8 Å². The minimum Gasteiger partial charge on any atom is -0.507 e. The summed E-state index contributed by atoms with van der Waals surface area (Å²) in [6, 6.07) is 3.65. The van der Waals surface area contributed by atoms with Crippen LogP contribution in [0.1, 0.15) is 32.4 Å². The second-order valence-corrected chi connectivity index (χ2v) is 9.25. The van der Waals surface area contributed by atoms with Gasteiger partial charge in [0.2, 0.25) is 6.29 Å². The van der Waals surface area contributed by atoms with Crippen molar-refractivity contribution in [2.75, 3.05) is 6.61 Å². The van der Waals surface area contributed by atoms with Crippen molar-refractivity contribution in [3.05, 3.63) is 58.5 Å². The Morgan fingerprint density at radius 2 is 1.89 bits per heavy atom. The largest absolute Gasteiger partial charge is 0.507 e. The van der Waals surface area contributed by atoms with Crippen LogP contribution in [0.15, 0.2) is 51.7 Å². The summed E-state index contributed by atoms with van der Waals surface area (Å²) in [7, 11) is 0. The number of rotatable bonds is 9. The maximum Gasteiger partial charge on any atom is 0.333 e. The average molecular weight is 521 g/mol. The first-order chi connectivity index (χ1) is 17.3. The minimum atomic E-state index is -1.70. The van der Waals surface area contributed by atoms with Gasteiger partial charge in [-0.15, -0.1) is 6.58 Å². The molecule has 2 heterocycles. The van der Waals surface area contributed by atoms with Crippen LogP contribution in [0.4, 0.5) is 0 Å². The van der Waals surface area contributed by atoms with Gasteiger partial charge >= 0.3 is 5.97 Å². The number of aromatic hydroxyl groups is 1. The number of aryl methyl sites for hydroxylation is 1. The van der Waals surface area contributed by atoms with Crippen molar-refractivity contribution in [2.45, 2.75) is 69.9 Å². The highest BCUT2D eigenvalue weighted by molar-refractivity contribution is 5.87. The third-order valence-electron chi connectivity index (χ3n) is 6.07. The van der Waals surface area contributed by atoms with Gasteiger partial charge in [-0.2, -0.15) is 0 Å². The zero-order valence-corrected chi connectivity index (χ0v) is 20.8. The third-order valence-corrected chi connectivity index (χ3v) is 6.07. The highest BCUT2D eigenvalue weighted by atomic mass is 16.7. The van der Waals surface area contributed by atoms with Crippen molar-refractivity contribution >= 4 is 16.9 Å². The number of aliphatic hydroxyl groups excluding tert-OH is 3. The molecule has 6 unspecified atom stereocenters. The summed E-state index contributed by atoms with van der Waals surface area (Å²) in [5, 5.41) is 51.2. The second kappa shape index (κ2) is 11.4. The lowest BCUT2D eigenvalue weighted by Crippen LogP contribution is -2.60. The fourth-order valence-corrected chi connectivity index (χ4v) is 3.76. The van der Waals surface area contributed by atoms with Gasteiger partial charge in [-0.05, 0) is 33.6 Å². The van der Waals surface area contributed by atoms with E-state index in [9.17, 15) is 35.1 Å². The quantitative estimate of drug-likeness (QED) is 0.182. The van der Waals surface area contributed by atoms with Crippen LogP contribution in [0.2, 0.25) is 0 Å². The van der Waals surface area contributed by atoms with Gasteiger partial charge in [0.1, 0.15) is 59.3 Å². The Kier molecular flexibility index (Phi) is 8.77. The first kappa shape index (κ1) is 28.4. The minimum absolute atomic E-state index is 0.0354. The molecule has 37 heavy (non-hydrogen) atoms. The number of carbonyl (C=O) groups is 1. The maximum atomic E-state index is 12.3. The van der Waals surface area contributed by atoms with E-state index in [4.69, 9.17) is 18.6 Å². The van der Waals surface area contributed by atoms with Crippen LogP contribution in [0.25, 0.3) is 11.0 Å². The van der Waals surface area contributed by atoms with E-state index in [1.165, 1.54) is 25.1 Å². The molecule has 5 N–H and O–H groups in total. The molecule has 0 saturated carbocycles. The molecule has 1 aliphatic rings. The van der Waals surface area contributed by atoms with Crippen LogP contribution in [-0.4, -0.2) is 74.4 Å². The molecule has 6 atom stereocenters. The predicted molar refractivity (Wildman–Crippen MR) is 131 cm³/mol. The number of benzene rings is 1. The van der Waals surface area contributed by atoms with Gasteiger partial charge in [0.25, 0.3) is 0 Å². The molecule has 0 aliphatic carbocycles. The van der Waals surface area contributed by atoms with Crippen LogP contribution in [0.3, 0.4) is 0 Å². The topological polar surface area (TPSA) is 176 Å². The van der Waals surface area contributed by atoms with Gasteiger partial charge in [-0.1, -0.05) is 12.2 Å². The zero-order chi connectivity index (χ0) is 27.5. The molecule has 202 valence electrons. The van der Waals surface area contributed by atoms with Crippen molar-refractivity contribution in [1.82, 2.24) is 0 Å². The Balaban J connectivity index is 1.68. The molecule has 11 nitrogen and oxygen atoms in total. The van der Waals surface area contributed by atoms with Crippen molar-refractivity contribution in [2.24, 2.45) is 0 Å². The Bertz CT molecular complexity index is 1230. The van der Waals surface area contributed by atoms with Crippen molar-refractivity contribution < 1.29 is 49.0 Å². The first-order valence-corrected chi connectivity index (χ1v) is 11.7. The number of phenols is 1. The van der Waals surface area contributed by atoms with E-state index in [-0.39, 0.29) is 22.3 Å². The van der Waals surface area contributed by atoms with Crippen molar-refractivity contribution in [3.8, 4) is 11.5 Å². The van der Waals surface area contributed by atoms with Crippen LogP contribution in [0, 0.1) is 6.92 Å². The third kappa shape index (κ3) is 6.76. The lowest BCUT2D eigenvalue weighted by atomic mass is 9.99. The summed E-state index contributed by atoms with van der Waals surface area (Å²) in [6.45, 7) is 7.76. The van der Waals surface area contributed by atoms with E-state index in [2.05, 4.69) is 6.58 Å². The molecule has 1 fully saturated rings. The van der Waals surface area contributed by atoms with Crippen molar-refractivity contribution in [1.29, 1.82) is 0 Å². The van der Waals surface area contributed by atoms with Crippen LogP contribution in [0.5, 0.6) is 11.5 Å². The highest BCUT2D eigenvalue weighted by Gasteiger charge is 2.45. The number of fused-ring (bicyclic) bond motifs is 1. The van der Waals surface area contributed by atoms with E-state index in [1.807, 2.05) is 0 Å². The number of aliphatic hydroxyl groups is 4. The average Bonchev–Trinajstić information content (AvgIpc) is 2.82. The van der Waals surface area contributed by atoms with Gasteiger partial charge in [0.05, 0.1) is 5.60 Å². The molecular weight excluding hydrogens is 488 g/mol. The summed E-state index contributed by atoms with van der Waals surface area (Å²) >= 11 is 0. The molecule has 1 aromatic heterocycles. The fourth-order valence-electron chi connectivity index (χ4n) is 3.76. The zero-order valence-electron chi connectivity index (χ0n) is 20.8. The van der Waals surface area contributed by atoms with Crippen LogP contribution in [-0.2, 0) is 14.3 Å². The summed E-state index contributed by atoms with van der Waals surface area (Å²) in [4.78, 5) is 24.5. The lowest BCUT2D eigenvalue weighted by molar-refractivity contribution is -0.278. The molecular formula is C26H32O11. The number of ether oxygens (including phenoxy) is 3. The van der Waals surface area contributed by atoms with Crippen LogP contribution >= 0.6 is 0 Å². The number of allylic oxidation sites excluding steroid dienone is 1. The summed E-state index contributed by atoms with van der Waals surface area (Å²) in [5.41, 5.74) is -1.22. The molecule has 1 saturated heterocycles. The number of esters is 1. The molecule has 2 aromatic rings. The predicted octanol–water partition coefficient (Wildman–Crippen LogP) is 1.20. The number of carbonyl (C=O) groups excluding carboxylic acids is 1. The summed E-state index contributed by atoms with van der Waals surface area (Å²) in [5.74, 6) is -0.860. The second-order valence-electron chi connectivity index (χ2n) is 9.25. The SMILES string of the molecule is C=CC(C)(O)CCC=C(C)C(=O)OCC1OC(Oc2cc(O)c3c(=O)cc(C)oc3c2)C(O)C(O)C1O. The molecule has 0 bridgehead atoms. The molecule has 1 aliphatic heterocycles. The molecule has 0 radical (unpaired) electrons. The Morgan fingerprint density at radius 1 is 1.19 bits per heavy atom.